The predicted molar refractivity (Wildman–Crippen MR) is 116 cm³/mol. The van der Waals surface area contributed by atoms with Gasteiger partial charge in [-0.2, -0.15) is 0 Å². The Balaban J connectivity index is 1.62. The van der Waals surface area contributed by atoms with Gasteiger partial charge in [-0.1, -0.05) is 23.5 Å². The standard InChI is InChI=1S/C22H15N3O4S/c1-12-9-15(13(2)18(10-12)25(27)28)19-8-7-14(29-19)11-20-21(26)24-17-6-4-3-5-16(17)23-22(24)30-20/h3-11H,1-2H3. The SMILES string of the molecule is Cc1cc(-c2ccc(C=c3sc4nc5ccccc5n4c3=O)o2)c(C)c([N+](=O)[O-])c1. The second kappa shape index (κ2) is 6.64. The summed E-state index contributed by atoms with van der Waals surface area (Å²) in [6.07, 6.45) is 1.68. The molecule has 0 aliphatic heterocycles. The molecular formula is C22H15N3O4S. The Hall–Kier alpha value is -3.78. The fraction of sp³-hybridized carbons (Fsp3) is 0.0909. The molecule has 5 rings (SSSR count). The molecule has 3 aromatic heterocycles. The van der Waals surface area contributed by atoms with Crippen molar-refractivity contribution in [1.29, 1.82) is 0 Å². The molecule has 0 N–H and O–H groups in total. The van der Waals surface area contributed by atoms with E-state index in [1.54, 1.807) is 42.5 Å². The smallest absolute Gasteiger partial charge is 0.275 e. The lowest BCUT2D eigenvalue weighted by Crippen LogP contribution is -2.22. The highest BCUT2D eigenvalue weighted by Gasteiger charge is 2.18. The normalized spacial score (nSPS) is 12.3. The Labute approximate surface area is 173 Å². The third kappa shape index (κ3) is 2.81. The van der Waals surface area contributed by atoms with Crippen LogP contribution in [0.1, 0.15) is 16.9 Å². The zero-order valence-electron chi connectivity index (χ0n) is 16.1. The van der Waals surface area contributed by atoms with Crippen LogP contribution in [0.2, 0.25) is 0 Å². The molecule has 0 amide bonds. The van der Waals surface area contributed by atoms with Crippen LogP contribution in [0.4, 0.5) is 5.69 Å². The van der Waals surface area contributed by atoms with Gasteiger partial charge in [-0.15, -0.1) is 0 Å². The van der Waals surface area contributed by atoms with Gasteiger partial charge in [0.25, 0.3) is 11.2 Å². The van der Waals surface area contributed by atoms with E-state index in [4.69, 9.17) is 4.42 Å². The molecule has 2 aromatic carbocycles. The van der Waals surface area contributed by atoms with Crippen LogP contribution in [0.5, 0.6) is 0 Å². The van der Waals surface area contributed by atoms with Crippen molar-refractivity contribution in [2.75, 3.05) is 0 Å². The van der Waals surface area contributed by atoms with Crippen molar-refractivity contribution in [3.8, 4) is 11.3 Å². The fourth-order valence-electron chi connectivity index (χ4n) is 3.60. The maximum Gasteiger partial charge on any atom is 0.275 e. The van der Waals surface area contributed by atoms with Crippen molar-refractivity contribution >= 4 is 39.1 Å². The first-order valence-electron chi connectivity index (χ1n) is 9.20. The Bertz CT molecular complexity index is 1580. The monoisotopic (exact) mass is 417 g/mol. The van der Waals surface area contributed by atoms with Gasteiger partial charge in [-0.05, 0) is 49.7 Å². The van der Waals surface area contributed by atoms with Crippen molar-refractivity contribution in [2.45, 2.75) is 13.8 Å². The van der Waals surface area contributed by atoms with E-state index >= 15 is 0 Å². The molecule has 148 valence electrons. The number of aromatic nitrogens is 2. The molecule has 7 nitrogen and oxygen atoms in total. The number of furan rings is 1. The predicted octanol–water partition coefficient (Wildman–Crippen LogP) is 4.24. The van der Waals surface area contributed by atoms with Crippen LogP contribution in [0.25, 0.3) is 33.4 Å². The number of benzene rings is 2. The molecule has 0 aliphatic rings. The van der Waals surface area contributed by atoms with Crippen LogP contribution in [-0.4, -0.2) is 14.3 Å². The van der Waals surface area contributed by atoms with Gasteiger partial charge in [-0.25, -0.2) is 9.38 Å². The van der Waals surface area contributed by atoms with Crippen molar-refractivity contribution in [2.24, 2.45) is 0 Å². The van der Waals surface area contributed by atoms with Gasteiger partial charge in [0.15, 0.2) is 4.96 Å². The zero-order chi connectivity index (χ0) is 21.0. The molecule has 0 bridgehead atoms. The molecule has 0 unspecified atom stereocenters. The molecule has 3 heterocycles. The van der Waals surface area contributed by atoms with Crippen molar-refractivity contribution < 1.29 is 9.34 Å². The molecule has 0 aliphatic carbocycles. The average Bonchev–Trinajstić information content (AvgIpc) is 3.39. The topological polar surface area (TPSA) is 90.7 Å². The Morgan fingerprint density at radius 1 is 1.17 bits per heavy atom. The number of hydrogen-bond acceptors (Lipinski definition) is 6. The third-order valence-electron chi connectivity index (χ3n) is 5.03. The number of hydrogen-bond donors (Lipinski definition) is 0. The summed E-state index contributed by atoms with van der Waals surface area (Å²) >= 11 is 1.30. The highest BCUT2D eigenvalue weighted by molar-refractivity contribution is 7.15. The van der Waals surface area contributed by atoms with E-state index in [2.05, 4.69) is 4.98 Å². The minimum atomic E-state index is -0.392. The largest absolute Gasteiger partial charge is 0.457 e. The minimum Gasteiger partial charge on any atom is -0.457 e. The average molecular weight is 417 g/mol. The molecule has 0 radical (unpaired) electrons. The quantitative estimate of drug-likeness (QED) is 0.323. The number of nitro groups is 1. The fourth-order valence-corrected chi connectivity index (χ4v) is 4.57. The van der Waals surface area contributed by atoms with Gasteiger partial charge in [0, 0.05) is 23.3 Å². The number of rotatable bonds is 3. The van der Waals surface area contributed by atoms with Crippen LogP contribution in [0.15, 0.2) is 57.7 Å². The lowest BCUT2D eigenvalue weighted by Gasteiger charge is -2.05. The van der Waals surface area contributed by atoms with Crippen molar-refractivity contribution in [3.05, 3.63) is 90.4 Å². The van der Waals surface area contributed by atoms with E-state index in [1.165, 1.54) is 11.3 Å². The second-order valence-corrected chi connectivity index (χ2v) is 8.06. The Morgan fingerprint density at radius 2 is 1.97 bits per heavy atom. The van der Waals surface area contributed by atoms with E-state index in [0.29, 0.717) is 32.1 Å². The van der Waals surface area contributed by atoms with Gasteiger partial charge in [0.2, 0.25) is 0 Å². The van der Waals surface area contributed by atoms with Crippen LogP contribution < -0.4 is 10.1 Å². The first-order valence-corrected chi connectivity index (χ1v) is 10.0. The van der Waals surface area contributed by atoms with Gasteiger partial charge in [-0.3, -0.25) is 14.9 Å². The summed E-state index contributed by atoms with van der Waals surface area (Å²) < 4.78 is 8.03. The highest BCUT2D eigenvalue weighted by atomic mass is 32.1. The number of thiazole rings is 1. The summed E-state index contributed by atoms with van der Waals surface area (Å²) in [7, 11) is 0. The number of para-hydroxylation sites is 2. The summed E-state index contributed by atoms with van der Waals surface area (Å²) in [5, 5.41) is 11.3. The summed E-state index contributed by atoms with van der Waals surface area (Å²) in [4.78, 5) is 29.0. The number of nitrogens with zero attached hydrogens (tertiary/aromatic N) is 3. The number of aryl methyl sites for hydroxylation is 1. The van der Waals surface area contributed by atoms with Crippen LogP contribution >= 0.6 is 11.3 Å². The van der Waals surface area contributed by atoms with Crippen molar-refractivity contribution in [3.63, 3.8) is 0 Å². The van der Waals surface area contributed by atoms with Gasteiger partial charge >= 0.3 is 0 Å². The molecule has 5 aromatic rings. The Morgan fingerprint density at radius 3 is 2.77 bits per heavy atom. The molecule has 30 heavy (non-hydrogen) atoms. The molecule has 0 saturated carbocycles. The number of nitro benzene ring substituents is 1. The molecule has 0 atom stereocenters. The lowest BCUT2D eigenvalue weighted by molar-refractivity contribution is -0.385. The number of fused-ring (bicyclic) bond motifs is 3. The first-order chi connectivity index (χ1) is 14.4. The van der Waals surface area contributed by atoms with E-state index < -0.39 is 4.92 Å². The third-order valence-corrected chi connectivity index (χ3v) is 6.00. The van der Waals surface area contributed by atoms with Crippen molar-refractivity contribution in [1.82, 2.24) is 9.38 Å². The van der Waals surface area contributed by atoms with E-state index in [1.807, 2.05) is 30.3 Å². The Kier molecular flexibility index (Phi) is 4.04. The molecule has 0 fully saturated rings. The van der Waals surface area contributed by atoms with E-state index in [9.17, 15) is 14.9 Å². The first kappa shape index (κ1) is 18.3. The maximum absolute atomic E-state index is 12.9. The van der Waals surface area contributed by atoms with Gasteiger partial charge in [0.05, 0.1) is 16.0 Å². The lowest BCUT2D eigenvalue weighted by atomic mass is 10.0. The summed E-state index contributed by atoms with van der Waals surface area (Å²) in [5.41, 5.74) is 3.44. The van der Waals surface area contributed by atoms with Crippen LogP contribution in [0.3, 0.4) is 0 Å². The number of imidazole rings is 1. The van der Waals surface area contributed by atoms with Gasteiger partial charge in [0.1, 0.15) is 16.1 Å². The highest BCUT2D eigenvalue weighted by Crippen LogP contribution is 2.32. The summed E-state index contributed by atoms with van der Waals surface area (Å²) in [6, 6.07) is 14.4. The maximum atomic E-state index is 12.9. The second-order valence-electron chi connectivity index (χ2n) is 7.05. The molecule has 0 spiro atoms. The molecule has 8 heteroatoms. The van der Waals surface area contributed by atoms with Crippen LogP contribution in [0, 0.1) is 24.0 Å². The minimum absolute atomic E-state index is 0.0557. The summed E-state index contributed by atoms with van der Waals surface area (Å²) in [5.74, 6) is 1.02. The van der Waals surface area contributed by atoms with E-state index in [-0.39, 0.29) is 11.2 Å². The van der Waals surface area contributed by atoms with E-state index in [0.717, 1.165) is 16.6 Å². The zero-order valence-corrected chi connectivity index (χ0v) is 16.9. The summed E-state index contributed by atoms with van der Waals surface area (Å²) in [6.45, 7) is 3.51. The molecule has 0 saturated heterocycles. The molecular weight excluding hydrogens is 402 g/mol. The van der Waals surface area contributed by atoms with Crippen LogP contribution in [-0.2, 0) is 0 Å². The van der Waals surface area contributed by atoms with Gasteiger partial charge < -0.3 is 4.42 Å².